The molecule has 5 nitrogen and oxygen atoms in total. The second-order valence-electron chi connectivity index (χ2n) is 11.5. The lowest BCUT2D eigenvalue weighted by Crippen LogP contribution is -2.11. The van der Waals surface area contributed by atoms with E-state index in [1.165, 1.54) is 32.2 Å². The van der Waals surface area contributed by atoms with Crippen LogP contribution in [0.3, 0.4) is 0 Å². The fraction of sp³-hybridized carbons (Fsp3) is 0.0500. The van der Waals surface area contributed by atoms with Gasteiger partial charge in [-0.05, 0) is 24.3 Å². The van der Waals surface area contributed by atoms with Gasteiger partial charge in [-0.2, -0.15) is 0 Å². The molecule has 0 aliphatic heterocycles. The van der Waals surface area contributed by atoms with Gasteiger partial charge in [-0.3, -0.25) is 0 Å². The van der Waals surface area contributed by atoms with Gasteiger partial charge in [0.25, 0.3) is 0 Å². The van der Waals surface area contributed by atoms with Gasteiger partial charge in [0, 0.05) is 45.5 Å². The van der Waals surface area contributed by atoms with Crippen LogP contribution >= 0.6 is 11.3 Å². The van der Waals surface area contributed by atoms with Crippen molar-refractivity contribution in [1.82, 2.24) is 24.5 Å². The highest BCUT2D eigenvalue weighted by molar-refractivity contribution is 7.22. The maximum Gasteiger partial charge on any atom is 0.163 e. The van der Waals surface area contributed by atoms with Crippen LogP contribution in [0, 0.1) is 0 Å². The Morgan fingerprint density at radius 1 is 0.587 bits per heavy atom. The fourth-order valence-electron chi connectivity index (χ4n) is 6.43. The Labute approximate surface area is 269 Å². The first kappa shape index (κ1) is 26.7. The zero-order valence-corrected chi connectivity index (χ0v) is 25.6. The minimum absolute atomic E-state index is 0.0234. The van der Waals surface area contributed by atoms with E-state index in [4.69, 9.17) is 19.9 Å². The highest BCUT2D eigenvalue weighted by atomic mass is 32.1. The monoisotopic (exact) mass is 609 g/mol. The van der Waals surface area contributed by atoms with Gasteiger partial charge in [0.1, 0.15) is 10.8 Å². The van der Waals surface area contributed by atoms with Crippen molar-refractivity contribution in [3.63, 3.8) is 0 Å². The van der Waals surface area contributed by atoms with E-state index in [9.17, 15) is 0 Å². The molecule has 8 aromatic rings. The third-order valence-corrected chi connectivity index (χ3v) is 9.73. The van der Waals surface area contributed by atoms with E-state index in [-0.39, 0.29) is 5.92 Å². The lowest BCUT2D eigenvalue weighted by Gasteiger charge is -2.21. The van der Waals surface area contributed by atoms with Crippen LogP contribution in [0.4, 0.5) is 0 Å². The van der Waals surface area contributed by atoms with E-state index >= 15 is 0 Å². The summed E-state index contributed by atoms with van der Waals surface area (Å²) in [6, 6.07) is 43.9. The number of thiazole rings is 1. The summed E-state index contributed by atoms with van der Waals surface area (Å²) in [5, 5.41) is 3.50. The van der Waals surface area contributed by atoms with Crippen molar-refractivity contribution in [2.24, 2.45) is 0 Å². The number of fused-ring (bicyclic) bond motifs is 5. The van der Waals surface area contributed by atoms with Gasteiger partial charge >= 0.3 is 0 Å². The van der Waals surface area contributed by atoms with E-state index in [1.807, 2.05) is 42.5 Å². The van der Waals surface area contributed by atoms with Crippen LogP contribution in [0.25, 0.3) is 71.1 Å². The summed E-state index contributed by atoms with van der Waals surface area (Å²) < 4.78 is 3.63. The van der Waals surface area contributed by atoms with Crippen LogP contribution in [0.5, 0.6) is 0 Å². The van der Waals surface area contributed by atoms with Crippen molar-refractivity contribution >= 4 is 49.1 Å². The van der Waals surface area contributed by atoms with Crippen molar-refractivity contribution in [2.75, 3.05) is 0 Å². The zero-order chi connectivity index (χ0) is 30.5. The summed E-state index contributed by atoms with van der Waals surface area (Å²) in [5.41, 5.74) is 7.68. The predicted molar refractivity (Wildman–Crippen MR) is 190 cm³/mol. The van der Waals surface area contributed by atoms with Gasteiger partial charge in [-0.25, -0.2) is 19.9 Å². The first-order valence-corrected chi connectivity index (χ1v) is 16.2. The molecule has 0 saturated heterocycles. The molecular weight excluding hydrogens is 583 g/mol. The van der Waals surface area contributed by atoms with E-state index in [0.717, 1.165) is 39.5 Å². The number of benzene rings is 5. The molecule has 0 N–H and O–H groups in total. The fourth-order valence-corrected chi connectivity index (χ4v) is 7.54. The minimum Gasteiger partial charge on any atom is -0.311 e. The van der Waals surface area contributed by atoms with Crippen molar-refractivity contribution in [2.45, 2.75) is 12.3 Å². The molecule has 1 aliphatic carbocycles. The highest BCUT2D eigenvalue weighted by Crippen LogP contribution is 2.43. The van der Waals surface area contributed by atoms with Crippen molar-refractivity contribution in [3.05, 3.63) is 151 Å². The maximum absolute atomic E-state index is 5.07. The molecule has 46 heavy (non-hydrogen) atoms. The predicted octanol–water partition coefficient (Wildman–Crippen LogP) is 10.2. The summed E-state index contributed by atoms with van der Waals surface area (Å²) >= 11 is 1.76. The molecule has 0 bridgehead atoms. The number of hydrogen-bond donors (Lipinski definition) is 0. The first-order valence-electron chi connectivity index (χ1n) is 15.4. The largest absolute Gasteiger partial charge is 0.311 e. The Morgan fingerprint density at radius 2 is 1.22 bits per heavy atom. The standard InChI is InChI=1S/C40H27N5S/c1-4-13-26(14-5-1)37-42-38(27-15-6-2-7-16-27)44-39(43-37)29-19-12-20-30(25-29)45-34-22-11-10-21-31(34)32-23-24-33-36(35(32)45)46-40(41-33)28-17-8-3-9-18-28/h1-24,29H,25H2. The van der Waals surface area contributed by atoms with E-state index in [0.29, 0.717) is 11.6 Å². The molecule has 1 atom stereocenters. The number of nitrogens with zero attached hydrogens (tertiary/aromatic N) is 5. The Bertz CT molecular complexity index is 2380. The Kier molecular flexibility index (Phi) is 6.39. The number of para-hydroxylation sites is 1. The van der Waals surface area contributed by atoms with Crippen LogP contribution in [-0.4, -0.2) is 24.5 Å². The van der Waals surface area contributed by atoms with Crippen molar-refractivity contribution in [1.29, 1.82) is 0 Å². The number of allylic oxidation sites excluding steroid dienone is 4. The van der Waals surface area contributed by atoms with Crippen LogP contribution in [0.15, 0.2) is 146 Å². The number of rotatable bonds is 5. The summed E-state index contributed by atoms with van der Waals surface area (Å²) in [7, 11) is 0. The average Bonchev–Trinajstić information content (AvgIpc) is 3.72. The molecular formula is C40H27N5S. The molecule has 0 saturated carbocycles. The Balaban J connectivity index is 1.19. The molecule has 6 heteroatoms. The first-order chi connectivity index (χ1) is 22.8. The topological polar surface area (TPSA) is 56.5 Å². The molecule has 5 aromatic carbocycles. The molecule has 3 heterocycles. The molecule has 0 amide bonds. The Morgan fingerprint density at radius 3 is 1.91 bits per heavy atom. The second-order valence-corrected chi connectivity index (χ2v) is 12.5. The summed E-state index contributed by atoms with van der Waals surface area (Å²) in [5.74, 6) is 2.12. The minimum atomic E-state index is -0.0234. The molecule has 1 aliphatic rings. The summed E-state index contributed by atoms with van der Waals surface area (Å²) in [6.45, 7) is 0. The SMILES string of the molecule is C1=CC(c2nc(-c3ccccc3)nc(-c3ccccc3)n2)CC(n2c3ccccc3c3ccc4nc(-c5ccccc5)sc4c32)=C1. The van der Waals surface area contributed by atoms with Gasteiger partial charge in [0.2, 0.25) is 0 Å². The quantitative estimate of drug-likeness (QED) is 0.195. The smallest absolute Gasteiger partial charge is 0.163 e. The van der Waals surface area contributed by atoms with Crippen LogP contribution in [-0.2, 0) is 0 Å². The second kappa shape index (κ2) is 11.0. The van der Waals surface area contributed by atoms with Gasteiger partial charge in [0.05, 0.1) is 21.3 Å². The lowest BCUT2D eigenvalue weighted by molar-refractivity contribution is 0.758. The summed E-state index contributed by atoms with van der Waals surface area (Å²) in [6.07, 6.45) is 7.35. The zero-order valence-electron chi connectivity index (χ0n) is 24.8. The Hall–Kier alpha value is -5.72. The normalized spacial score (nSPS) is 14.7. The number of hydrogen-bond acceptors (Lipinski definition) is 5. The highest BCUT2D eigenvalue weighted by Gasteiger charge is 2.24. The third-order valence-electron chi connectivity index (χ3n) is 8.61. The molecule has 9 rings (SSSR count). The molecule has 0 fully saturated rings. The molecule has 218 valence electrons. The van der Waals surface area contributed by atoms with Crippen LogP contribution < -0.4 is 0 Å². The maximum atomic E-state index is 5.07. The van der Waals surface area contributed by atoms with Gasteiger partial charge < -0.3 is 4.57 Å². The lowest BCUT2D eigenvalue weighted by atomic mass is 9.96. The molecule has 0 spiro atoms. The van der Waals surface area contributed by atoms with Gasteiger partial charge in [-0.15, -0.1) is 11.3 Å². The van der Waals surface area contributed by atoms with E-state index < -0.39 is 0 Å². The van der Waals surface area contributed by atoms with E-state index in [1.54, 1.807) is 11.3 Å². The van der Waals surface area contributed by atoms with Crippen LogP contribution in [0.2, 0.25) is 0 Å². The van der Waals surface area contributed by atoms with Gasteiger partial charge in [0.15, 0.2) is 11.6 Å². The molecule has 3 aromatic heterocycles. The van der Waals surface area contributed by atoms with Crippen molar-refractivity contribution in [3.8, 4) is 33.3 Å². The third kappa shape index (κ3) is 4.54. The van der Waals surface area contributed by atoms with Crippen LogP contribution in [0.1, 0.15) is 18.2 Å². The van der Waals surface area contributed by atoms with E-state index in [2.05, 4.69) is 108 Å². The van der Waals surface area contributed by atoms with Gasteiger partial charge in [-0.1, -0.05) is 121 Å². The summed E-state index contributed by atoms with van der Waals surface area (Å²) in [4.78, 5) is 20.1. The van der Waals surface area contributed by atoms with Crippen molar-refractivity contribution < 1.29 is 0 Å². The number of aromatic nitrogens is 5. The molecule has 0 radical (unpaired) electrons. The molecule has 1 unspecified atom stereocenters. The average molecular weight is 610 g/mol.